The van der Waals surface area contributed by atoms with Crippen molar-refractivity contribution in [2.75, 3.05) is 57.1 Å². The second-order valence-electron chi connectivity index (χ2n) is 7.52. The van der Waals surface area contributed by atoms with E-state index in [-0.39, 0.29) is 6.04 Å². The molecule has 0 aromatic carbocycles. The lowest BCUT2D eigenvalue weighted by Gasteiger charge is -2.35. The van der Waals surface area contributed by atoms with Gasteiger partial charge in [-0.05, 0) is 19.8 Å². The summed E-state index contributed by atoms with van der Waals surface area (Å²) in [5.41, 5.74) is 1.44. The van der Waals surface area contributed by atoms with Crippen LogP contribution in [-0.2, 0) is 4.74 Å². The molecule has 11 heteroatoms. The number of hydrogen-bond acceptors (Lipinski definition) is 8. The van der Waals surface area contributed by atoms with Crippen LogP contribution >= 0.6 is 11.6 Å². The van der Waals surface area contributed by atoms with E-state index >= 15 is 4.39 Å². The van der Waals surface area contributed by atoms with Crippen LogP contribution in [0.5, 0.6) is 5.88 Å². The van der Waals surface area contributed by atoms with Crippen molar-refractivity contribution in [3.8, 4) is 5.88 Å². The lowest BCUT2D eigenvalue weighted by molar-refractivity contribution is 0.0623. The summed E-state index contributed by atoms with van der Waals surface area (Å²) in [4.78, 5) is 10.8. The first-order valence-corrected chi connectivity index (χ1v) is 10.6. The molecule has 2 aliphatic rings. The molecule has 2 aromatic rings. The molecule has 0 amide bonds. The van der Waals surface area contributed by atoms with Gasteiger partial charge in [0.25, 0.3) is 5.88 Å². The first kappa shape index (κ1) is 21.1. The maximum Gasteiger partial charge on any atom is 0.257 e. The van der Waals surface area contributed by atoms with Crippen molar-refractivity contribution >= 4 is 29.1 Å². The monoisotopic (exact) mass is 439 g/mol. The molecule has 1 saturated heterocycles. The molecule has 2 aromatic heterocycles. The minimum atomic E-state index is -1.03. The maximum absolute atomic E-state index is 15.1. The van der Waals surface area contributed by atoms with Crippen LogP contribution in [0, 0.1) is 6.92 Å². The largest absolute Gasteiger partial charge is 0.475 e. The highest BCUT2D eigenvalue weighted by Gasteiger charge is 2.33. The molecule has 2 bridgehead atoms. The van der Waals surface area contributed by atoms with E-state index in [1.54, 1.807) is 18.0 Å². The van der Waals surface area contributed by atoms with Gasteiger partial charge < -0.3 is 20.1 Å². The van der Waals surface area contributed by atoms with Crippen molar-refractivity contribution < 1.29 is 13.9 Å². The van der Waals surface area contributed by atoms with Crippen molar-refractivity contribution in [2.45, 2.75) is 32.0 Å². The fourth-order valence-electron chi connectivity index (χ4n) is 3.83. The SMILES string of the molecule is COCCN1CCC(n2nc3c(c2C)Nc2ncc(Cl)c(n2)NCCCO3)C(F)C1. The number of methoxy groups -OCH3 is 1. The summed E-state index contributed by atoms with van der Waals surface area (Å²) >= 11 is 6.17. The number of piperidine rings is 1. The Labute approximate surface area is 179 Å². The number of alkyl halides is 1. The number of anilines is 3. The fraction of sp³-hybridized carbons (Fsp3) is 0.632. The number of fused-ring (bicyclic) bond motifs is 3. The Kier molecular flexibility index (Phi) is 6.55. The smallest absolute Gasteiger partial charge is 0.257 e. The Morgan fingerprint density at radius 2 is 2.30 bits per heavy atom. The number of ether oxygens (including phenoxy) is 2. The van der Waals surface area contributed by atoms with Crippen LogP contribution in [0.1, 0.15) is 24.6 Å². The summed E-state index contributed by atoms with van der Waals surface area (Å²) < 4.78 is 27.8. The molecule has 30 heavy (non-hydrogen) atoms. The topological polar surface area (TPSA) is 89.4 Å². The van der Waals surface area contributed by atoms with E-state index < -0.39 is 6.17 Å². The summed E-state index contributed by atoms with van der Waals surface area (Å²) in [5.74, 6) is 1.38. The highest BCUT2D eigenvalue weighted by atomic mass is 35.5. The summed E-state index contributed by atoms with van der Waals surface area (Å²) in [6.07, 6.45) is 1.92. The third-order valence-corrected chi connectivity index (χ3v) is 5.74. The molecule has 1 fully saturated rings. The van der Waals surface area contributed by atoms with Crippen LogP contribution in [0.15, 0.2) is 6.20 Å². The summed E-state index contributed by atoms with van der Waals surface area (Å²) in [5, 5.41) is 11.4. The van der Waals surface area contributed by atoms with Gasteiger partial charge >= 0.3 is 0 Å². The molecule has 4 heterocycles. The van der Waals surface area contributed by atoms with Crippen LogP contribution in [0.25, 0.3) is 0 Å². The van der Waals surface area contributed by atoms with E-state index in [1.807, 2.05) is 6.92 Å². The molecule has 0 aliphatic carbocycles. The molecule has 0 spiro atoms. The lowest BCUT2D eigenvalue weighted by Crippen LogP contribution is -2.44. The van der Waals surface area contributed by atoms with E-state index in [1.165, 1.54) is 0 Å². The van der Waals surface area contributed by atoms with Gasteiger partial charge in [0.15, 0.2) is 5.82 Å². The zero-order valence-corrected chi connectivity index (χ0v) is 18.0. The minimum absolute atomic E-state index is 0.349. The Morgan fingerprint density at radius 3 is 3.10 bits per heavy atom. The van der Waals surface area contributed by atoms with Gasteiger partial charge in [-0.25, -0.2) is 9.37 Å². The Morgan fingerprint density at radius 1 is 1.43 bits per heavy atom. The first-order chi connectivity index (χ1) is 14.6. The van der Waals surface area contributed by atoms with Crippen molar-refractivity contribution in [1.82, 2.24) is 24.6 Å². The second-order valence-corrected chi connectivity index (χ2v) is 7.93. The van der Waals surface area contributed by atoms with Crippen LogP contribution in [0.3, 0.4) is 0 Å². The summed E-state index contributed by atoms with van der Waals surface area (Å²) in [6.45, 7) is 5.51. The van der Waals surface area contributed by atoms with Gasteiger partial charge in [-0.2, -0.15) is 4.98 Å². The van der Waals surface area contributed by atoms with Gasteiger partial charge in [-0.3, -0.25) is 9.58 Å². The van der Waals surface area contributed by atoms with Gasteiger partial charge in [-0.1, -0.05) is 11.6 Å². The van der Waals surface area contributed by atoms with Crippen molar-refractivity contribution in [3.63, 3.8) is 0 Å². The van der Waals surface area contributed by atoms with Crippen LogP contribution in [0.4, 0.5) is 21.8 Å². The number of rotatable bonds is 4. The highest BCUT2D eigenvalue weighted by Crippen LogP contribution is 2.36. The number of nitrogens with zero attached hydrogens (tertiary/aromatic N) is 5. The van der Waals surface area contributed by atoms with E-state index in [0.29, 0.717) is 61.1 Å². The number of aromatic nitrogens is 4. The van der Waals surface area contributed by atoms with Gasteiger partial charge in [-0.15, -0.1) is 5.10 Å². The molecule has 9 nitrogen and oxygen atoms in total. The number of nitrogens with one attached hydrogen (secondary N) is 2. The molecule has 2 atom stereocenters. The van der Waals surface area contributed by atoms with Crippen molar-refractivity contribution in [2.24, 2.45) is 0 Å². The molecule has 4 rings (SSSR count). The Bertz CT molecular complexity index is 881. The van der Waals surface area contributed by atoms with E-state index in [0.717, 1.165) is 25.2 Å². The lowest BCUT2D eigenvalue weighted by atomic mass is 10.0. The standard InChI is InChI=1S/C19H27ClFN7O2/c1-12-16-18(26-28(12)15-4-6-27(7-9-29-2)11-14(15)21)30-8-3-5-22-17-13(20)10-23-19(24-16)25-17/h10,14-15H,3-9,11H2,1-2H3,(H2,22,23,24,25). The third kappa shape index (κ3) is 4.45. The number of hydrogen-bond donors (Lipinski definition) is 2. The number of halogens is 2. The molecule has 2 unspecified atom stereocenters. The van der Waals surface area contributed by atoms with E-state index in [9.17, 15) is 0 Å². The molecule has 2 aliphatic heterocycles. The quantitative estimate of drug-likeness (QED) is 0.751. The average molecular weight is 440 g/mol. The second kappa shape index (κ2) is 9.32. The molecule has 0 saturated carbocycles. The third-order valence-electron chi connectivity index (χ3n) is 5.47. The van der Waals surface area contributed by atoms with E-state index in [4.69, 9.17) is 21.1 Å². The maximum atomic E-state index is 15.1. The molecule has 164 valence electrons. The van der Waals surface area contributed by atoms with E-state index in [2.05, 4.69) is 30.6 Å². The predicted molar refractivity (Wildman–Crippen MR) is 113 cm³/mol. The van der Waals surface area contributed by atoms with Crippen molar-refractivity contribution in [3.05, 3.63) is 16.9 Å². The Balaban J connectivity index is 1.59. The first-order valence-electron chi connectivity index (χ1n) is 10.2. The van der Waals surface area contributed by atoms with Gasteiger partial charge in [0.05, 0.1) is 31.1 Å². The van der Waals surface area contributed by atoms with Gasteiger partial charge in [0.2, 0.25) is 5.95 Å². The fourth-order valence-corrected chi connectivity index (χ4v) is 3.98. The summed E-state index contributed by atoms with van der Waals surface area (Å²) in [7, 11) is 1.66. The van der Waals surface area contributed by atoms with Gasteiger partial charge in [0, 0.05) is 33.3 Å². The van der Waals surface area contributed by atoms with Crippen LogP contribution in [-0.4, -0.2) is 77.3 Å². The average Bonchev–Trinajstić information content (AvgIpc) is 3.02. The van der Waals surface area contributed by atoms with Crippen LogP contribution < -0.4 is 15.4 Å². The normalized spacial score (nSPS) is 22.3. The predicted octanol–water partition coefficient (Wildman–Crippen LogP) is 2.80. The molecular formula is C19H27ClFN7O2. The molecule has 2 N–H and O–H groups in total. The molecular weight excluding hydrogens is 413 g/mol. The minimum Gasteiger partial charge on any atom is -0.475 e. The summed E-state index contributed by atoms with van der Waals surface area (Å²) in [6, 6.07) is -0.349. The van der Waals surface area contributed by atoms with Crippen LogP contribution in [0.2, 0.25) is 5.02 Å². The zero-order valence-electron chi connectivity index (χ0n) is 17.2. The zero-order chi connectivity index (χ0) is 21.1. The Hall–Kier alpha value is -2.17. The highest BCUT2D eigenvalue weighted by molar-refractivity contribution is 6.32. The van der Waals surface area contributed by atoms with Crippen molar-refractivity contribution in [1.29, 1.82) is 0 Å². The number of likely N-dealkylation sites (tertiary alicyclic amines) is 1. The molecule has 0 radical (unpaired) electrons. The van der Waals surface area contributed by atoms with Gasteiger partial charge in [0.1, 0.15) is 16.9 Å².